The number of aromatic nitrogens is 2. The number of nitrogens with zero attached hydrogens (tertiary/aromatic N) is 1. The second-order valence-electron chi connectivity index (χ2n) is 9.44. The molecule has 1 aromatic heterocycles. The number of hydrogen-bond donors (Lipinski definition) is 3. The summed E-state index contributed by atoms with van der Waals surface area (Å²) in [5, 5.41) is 3.10. The number of benzene rings is 3. The van der Waals surface area contributed by atoms with Crippen molar-refractivity contribution in [2.75, 3.05) is 0 Å². The van der Waals surface area contributed by atoms with E-state index in [0.29, 0.717) is 37.0 Å². The molecule has 1 aliphatic rings. The second-order valence-corrected chi connectivity index (χ2v) is 11.2. The van der Waals surface area contributed by atoms with Crippen molar-refractivity contribution in [2.24, 2.45) is 5.92 Å². The molecule has 1 aliphatic carbocycles. The number of amides is 1. The molecule has 3 aromatic carbocycles. The number of aromatic amines is 1. The fourth-order valence-electron chi connectivity index (χ4n) is 4.80. The third kappa shape index (κ3) is 5.34. The molecular weight excluding hydrogens is 472 g/mol. The number of H-pyrrole nitrogens is 1. The maximum atomic E-state index is 13.1. The van der Waals surface area contributed by atoms with Crippen LogP contribution in [0.25, 0.3) is 22.4 Å². The van der Waals surface area contributed by atoms with E-state index < -0.39 is 10.0 Å². The predicted octanol–water partition coefficient (Wildman–Crippen LogP) is 4.94. The molecule has 1 fully saturated rings. The van der Waals surface area contributed by atoms with E-state index in [2.05, 4.69) is 20.0 Å². The van der Waals surface area contributed by atoms with Crippen molar-refractivity contribution in [3.63, 3.8) is 0 Å². The van der Waals surface area contributed by atoms with Gasteiger partial charge in [0.2, 0.25) is 15.9 Å². The number of carbonyl (C=O) groups excluding carboxylic acids is 1. The van der Waals surface area contributed by atoms with Crippen molar-refractivity contribution in [3.8, 4) is 11.4 Å². The van der Waals surface area contributed by atoms with Gasteiger partial charge in [0.25, 0.3) is 0 Å². The van der Waals surface area contributed by atoms with Gasteiger partial charge < -0.3 is 10.3 Å². The van der Waals surface area contributed by atoms with Gasteiger partial charge in [-0.25, -0.2) is 18.1 Å². The zero-order chi connectivity index (χ0) is 25.1. The predicted molar refractivity (Wildman–Crippen MR) is 141 cm³/mol. The molecule has 5 rings (SSSR count). The summed E-state index contributed by atoms with van der Waals surface area (Å²) in [6, 6.07) is 24.3. The molecular formula is C28H30N4O3S. The zero-order valence-corrected chi connectivity index (χ0v) is 21.0. The summed E-state index contributed by atoms with van der Waals surface area (Å²) in [5.41, 5.74) is 3.39. The minimum Gasteiger partial charge on any atom is -0.349 e. The average Bonchev–Trinajstić information content (AvgIpc) is 3.33. The minimum atomic E-state index is -3.70. The maximum absolute atomic E-state index is 13.1. The molecule has 0 aliphatic heterocycles. The van der Waals surface area contributed by atoms with E-state index in [-0.39, 0.29) is 28.8 Å². The van der Waals surface area contributed by atoms with Crippen LogP contribution < -0.4 is 10.0 Å². The van der Waals surface area contributed by atoms with Crippen molar-refractivity contribution in [1.82, 2.24) is 20.0 Å². The number of imidazole rings is 1. The summed E-state index contributed by atoms with van der Waals surface area (Å²) >= 11 is 0. The lowest BCUT2D eigenvalue weighted by atomic mass is 9.85. The molecule has 1 saturated carbocycles. The van der Waals surface area contributed by atoms with Crippen molar-refractivity contribution >= 4 is 27.0 Å². The topological polar surface area (TPSA) is 104 Å². The molecule has 0 unspecified atom stereocenters. The first-order chi connectivity index (χ1) is 17.4. The van der Waals surface area contributed by atoms with Gasteiger partial charge in [0.15, 0.2) is 0 Å². The molecule has 3 N–H and O–H groups in total. The largest absolute Gasteiger partial charge is 0.349 e. The fourth-order valence-corrected chi connectivity index (χ4v) is 6.13. The Morgan fingerprint density at radius 1 is 0.944 bits per heavy atom. The van der Waals surface area contributed by atoms with Gasteiger partial charge in [-0.2, -0.15) is 0 Å². The third-order valence-corrected chi connectivity index (χ3v) is 8.41. The molecule has 7 nitrogen and oxygen atoms in total. The van der Waals surface area contributed by atoms with Crippen LogP contribution in [0.3, 0.4) is 0 Å². The molecule has 1 atom stereocenters. The van der Waals surface area contributed by atoms with Crippen LogP contribution in [0.1, 0.15) is 44.2 Å². The Morgan fingerprint density at radius 2 is 1.61 bits per heavy atom. The van der Waals surface area contributed by atoms with Crippen LogP contribution in [0, 0.1) is 5.92 Å². The van der Waals surface area contributed by atoms with E-state index in [4.69, 9.17) is 0 Å². The molecule has 36 heavy (non-hydrogen) atoms. The first kappa shape index (κ1) is 24.2. The summed E-state index contributed by atoms with van der Waals surface area (Å²) in [6.45, 7) is 1.98. The highest BCUT2D eigenvalue weighted by atomic mass is 32.2. The summed E-state index contributed by atoms with van der Waals surface area (Å²) in [7, 11) is -3.70. The highest BCUT2D eigenvalue weighted by Gasteiger charge is 2.30. The number of fused-ring (bicyclic) bond motifs is 1. The number of sulfonamides is 1. The van der Waals surface area contributed by atoms with Gasteiger partial charge >= 0.3 is 0 Å². The van der Waals surface area contributed by atoms with Crippen LogP contribution in [0.5, 0.6) is 0 Å². The molecule has 8 heteroatoms. The van der Waals surface area contributed by atoms with Gasteiger partial charge in [0, 0.05) is 17.5 Å². The molecule has 0 radical (unpaired) electrons. The molecule has 4 aromatic rings. The lowest BCUT2D eigenvalue weighted by Gasteiger charge is -2.29. The Bertz CT molecular complexity index is 1440. The Morgan fingerprint density at radius 3 is 2.31 bits per heavy atom. The van der Waals surface area contributed by atoms with Crippen LogP contribution in [-0.4, -0.2) is 30.3 Å². The lowest BCUT2D eigenvalue weighted by molar-refractivity contribution is -0.126. The van der Waals surface area contributed by atoms with Gasteiger partial charge in [-0.15, -0.1) is 0 Å². The number of carbonyl (C=O) groups is 1. The first-order valence-electron chi connectivity index (χ1n) is 12.3. The van der Waals surface area contributed by atoms with Crippen molar-refractivity contribution in [1.29, 1.82) is 0 Å². The van der Waals surface area contributed by atoms with Crippen molar-refractivity contribution < 1.29 is 13.2 Å². The number of rotatable bonds is 7. The highest BCUT2D eigenvalue weighted by Crippen LogP contribution is 2.28. The fraction of sp³-hybridized carbons (Fsp3) is 0.286. The average molecular weight is 503 g/mol. The van der Waals surface area contributed by atoms with E-state index in [9.17, 15) is 13.2 Å². The summed E-state index contributed by atoms with van der Waals surface area (Å²) in [4.78, 5) is 20.8. The van der Waals surface area contributed by atoms with Gasteiger partial charge in [-0.05, 0) is 56.4 Å². The molecule has 0 bridgehead atoms. The number of nitrogens with one attached hydrogen (secondary N) is 3. The van der Waals surface area contributed by atoms with Gasteiger partial charge in [0.05, 0.1) is 22.0 Å². The zero-order valence-electron chi connectivity index (χ0n) is 20.1. The van der Waals surface area contributed by atoms with E-state index in [1.54, 1.807) is 18.2 Å². The van der Waals surface area contributed by atoms with Crippen molar-refractivity contribution in [2.45, 2.75) is 49.6 Å². The Labute approximate surface area is 211 Å². The normalized spacial score (nSPS) is 19.1. The first-order valence-corrected chi connectivity index (χ1v) is 13.8. The van der Waals surface area contributed by atoms with Crippen molar-refractivity contribution in [3.05, 3.63) is 84.4 Å². The number of hydrogen-bond acceptors (Lipinski definition) is 4. The molecule has 0 saturated heterocycles. The lowest BCUT2D eigenvalue weighted by Crippen LogP contribution is -2.41. The second kappa shape index (κ2) is 10.2. The van der Waals surface area contributed by atoms with E-state index in [1.807, 2.05) is 67.6 Å². The van der Waals surface area contributed by atoms with Gasteiger partial charge in [-0.3, -0.25) is 4.79 Å². The molecule has 0 spiro atoms. The quantitative estimate of drug-likeness (QED) is 0.333. The molecule has 1 heterocycles. The van der Waals surface area contributed by atoms with Crippen LogP contribution in [0.2, 0.25) is 0 Å². The molecule has 186 valence electrons. The van der Waals surface area contributed by atoms with E-state index in [1.165, 1.54) is 0 Å². The summed E-state index contributed by atoms with van der Waals surface area (Å²) in [6.07, 6.45) is 2.55. The Kier molecular flexibility index (Phi) is 6.89. The SMILES string of the molecule is C[C@H](NC(=O)[C@H]1CC[C@H](NS(=O)(=O)c2ccc3[nH]c(-c4ccccc4)nc3c2)CC1)c1ccccc1. The van der Waals surface area contributed by atoms with Crippen LogP contribution in [-0.2, 0) is 14.8 Å². The molecule has 1 amide bonds. The summed E-state index contributed by atoms with van der Waals surface area (Å²) < 4.78 is 29.1. The minimum absolute atomic E-state index is 0.0332. The highest BCUT2D eigenvalue weighted by molar-refractivity contribution is 7.89. The monoisotopic (exact) mass is 502 g/mol. The van der Waals surface area contributed by atoms with E-state index in [0.717, 1.165) is 16.6 Å². The smallest absolute Gasteiger partial charge is 0.240 e. The Balaban J connectivity index is 1.20. The van der Waals surface area contributed by atoms with E-state index >= 15 is 0 Å². The maximum Gasteiger partial charge on any atom is 0.240 e. The Hall–Kier alpha value is -3.49. The van der Waals surface area contributed by atoms with Crippen LogP contribution in [0.4, 0.5) is 0 Å². The third-order valence-electron chi connectivity index (χ3n) is 6.89. The van der Waals surface area contributed by atoms with Crippen LogP contribution >= 0.6 is 0 Å². The summed E-state index contributed by atoms with van der Waals surface area (Å²) in [5.74, 6) is 0.630. The van der Waals surface area contributed by atoms with Gasteiger partial charge in [-0.1, -0.05) is 60.7 Å². The van der Waals surface area contributed by atoms with Gasteiger partial charge in [0.1, 0.15) is 5.82 Å². The van der Waals surface area contributed by atoms with Crippen LogP contribution in [0.15, 0.2) is 83.8 Å². The standard InChI is InChI=1S/C28H30N4O3S/c1-19(20-8-4-2-5-9-20)29-28(33)22-12-14-23(15-13-22)32-36(34,35)24-16-17-25-26(18-24)31-27(30-25)21-10-6-3-7-11-21/h2-11,16-19,22-23,32H,12-15H2,1H3,(H,29,33)(H,30,31)/t19-,22-,23-/m0/s1.